The number of nitrogens with zero attached hydrogens (tertiary/aromatic N) is 1. The number of hydrogen-bond acceptors (Lipinski definition) is 4. The third kappa shape index (κ3) is 3.20. The molecule has 0 amide bonds. The normalized spacial score (nSPS) is 10.3. The molecule has 5 nitrogen and oxygen atoms in total. The van der Waals surface area contributed by atoms with Crippen molar-refractivity contribution in [3.8, 4) is 5.75 Å². The largest absolute Gasteiger partial charge is 0.506 e. The number of phenols is 1. The molecular formula is C13H10BrClN2O3. The fourth-order valence-corrected chi connectivity index (χ4v) is 2.30. The van der Waals surface area contributed by atoms with Crippen molar-refractivity contribution in [2.45, 2.75) is 6.54 Å². The number of phenolic OH excluding ortho intramolecular Hbond substituents is 1. The highest BCUT2D eigenvalue weighted by Gasteiger charge is 2.10. The highest BCUT2D eigenvalue weighted by Crippen LogP contribution is 2.30. The van der Waals surface area contributed by atoms with E-state index in [1.54, 1.807) is 18.2 Å². The number of para-hydroxylation sites is 1. The lowest BCUT2D eigenvalue weighted by atomic mass is 10.2. The van der Waals surface area contributed by atoms with E-state index in [0.717, 1.165) is 0 Å². The number of nitro groups is 1. The van der Waals surface area contributed by atoms with Crippen LogP contribution in [0.5, 0.6) is 5.75 Å². The summed E-state index contributed by atoms with van der Waals surface area (Å²) in [5.41, 5.74) is 1.19. The zero-order valence-electron chi connectivity index (χ0n) is 10.1. The monoisotopic (exact) mass is 356 g/mol. The van der Waals surface area contributed by atoms with Crippen molar-refractivity contribution >= 4 is 38.9 Å². The lowest BCUT2D eigenvalue weighted by molar-refractivity contribution is -0.384. The van der Waals surface area contributed by atoms with Crippen LogP contribution in [0.25, 0.3) is 0 Å². The van der Waals surface area contributed by atoms with E-state index >= 15 is 0 Å². The van der Waals surface area contributed by atoms with Gasteiger partial charge in [0.2, 0.25) is 0 Å². The maximum absolute atomic E-state index is 10.6. The van der Waals surface area contributed by atoms with Crippen molar-refractivity contribution in [2.24, 2.45) is 0 Å². The van der Waals surface area contributed by atoms with Gasteiger partial charge in [-0.15, -0.1) is 0 Å². The zero-order chi connectivity index (χ0) is 14.7. The van der Waals surface area contributed by atoms with E-state index in [4.69, 9.17) is 11.6 Å². The van der Waals surface area contributed by atoms with Gasteiger partial charge < -0.3 is 10.4 Å². The summed E-state index contributed by atoms with van der Waals surface area (Å²) in [6, 6.07) is 9.50. The van der Waals surface area contributed by atoms with Crippen LogP contribution < -0.4 is 5.32 Å². The molecule has 2 aromatic carbocycles. The minimum Gasteiger partial charge on any atom is -0.506 e. The first-order valence-corrected chi connectivity index (χ1v) is 6.80. The summed E-state index contributed by atoms with van der Waals surface area (Å²) < 4.78 is 0.603. The summed E-state index contributed by atoms with van der Waals surface area (Å²) in [5, 5.41) is 23.8. The fourth-order valence-electron chi connectivity index (χ4n) is 1.65. The van der Waals surface area contributed by atoms with Gasteiger partial charge in [-0.05, 0) is 28.1 Å². The Balaban J connectivity index is 2.15. The molecule has 0 spiro atoms. The van der Waals surface area contributed by atoms with Gasteiger partial charge in [0.25, 0.3) is 5.69 Å². The third-order valence-electron chi connectivity index (χ3n) is 2.70. The molecule has 20 heavy (non-hydrogen) atoms. The Kier molecular flexibility index (Phi) is 4.46. The Hall–Kier alpha value is -1.79. The van der Waals surface area contributed by atoms with E-state index in [-0.39, 0.29) is 16.5 Å². The zero-order valence-corrected chi connectivity index (χ0v) is 12.5. The smallest absolute Gasteiger partial charge is 0.271 e. The second kappa shape index (κ2) is 6.11. The average molecular weight is 358 g/mol. The molecule has 2 N–H and O–H groups in total. The second-order valence-corrected chi connectivity index (χ2v) is 5.28. The van der Waals surface area contributed by atoms with Gasteiger partial charge in [-0.2, -0.15) is 0 Å². The van der Waals surface area contributed by atoms with Crippen molar-refractivity contribution in [1.29, 1.82) is 0 Å². The standard InChI is InChI=1S/C13H10BrClN2O3/c14-10-3-1-2-8(13(10)18)7-16-12-5-4-9(17(19)20)6-11(12)15/h1-6,16,18H,7H2. The number of hydrogen-bond donors (Lipinski definition) is 2. The second-order valence-electron chi connectivity index (χ2n) is 4.02. The van der Waals surface area contributed by atoms with Crippen LogP contribution in [0, 0.1) is 10.1 Å². The molecule has 0 saturated carbocycles. The summed E-state index contributed by atoms with van der Waals surface area (Å²) in [6.45, 7) is 0.350. The van der Waals surface area contributed by atoms with Crippen LogP contribution >= 0.6 is 27.5 Å². The minimum absolute atomic E-state index is 0.0640. The van der Waals surface area contributed by atoms with Crippen molar-refractivity contribution in [3.05, 3.63) is 61.6 Å². The Morgan fingerprint density at radius 1 is 1.35 bits per heavy atom. The van der Waals surface area contributed by atoms with Crippen molar-refractivity contribution < 1.29 is 10.0 Å². The van der Waals surface area contributed by atoms with E-state index in [9.17, 15) is 15.2 Å². The van der Waals surface area contributed by atoms with Gasteiger partial charge in [0, 0.05) is 24.2 Å². The molecule has 0 saturated heterocycles. The number of aromatic hydroxyl groups is 1. The first kappa shape index (κ1) is 14.6. The topological polar surface area (TPSA) is 75.4 Å². The SMILES string of the molecule is O=[N+]([O-])c1ccc(NCc2cccc(Br)c2O)c(Cl)c1. The number of nitro benzene ring substituents is 1. The van der Waals surface area contributed by atoms with E-state index in [2.05, 4.69) is 21.2 Å². The number of nitrogens with one attached hydrogen (secondary N) is 1. The lowest BCUT2D eigenvalue weighted by Crippen LogP contribution is -2.01. The molecule has 0 unspecified atom stereocenters. The van der Waals surface area contributed by atoms with Gasteiger partial charge in [-0.25, -0.2) is 0 Å². The van der Waals surface area contributed by atoms with Crippen LogP contribution in [0.3, 0.4) is 0 Å². The minimum atomic E-state index is -0.504. The number of anilines is 1. The van der Waals surface area contributed by atoms with Gasteiger partial charge in [0.15, 0.2) is 0 Å². The molecule has 2 rings (SSSR count). The van der Waals surface area contributed by atoms with Crippen molar-refractivity contribution in [3.63, 3.8) is 0 Å². The summed E-state index contributed by atoms with van der Waals surface area (Å²) in [4.78, 5) is 10.1. The lowest BCUT2D eigenvalue weighted by Gasteiger charge is -2.10. The van der Waals surface area contributed by atoms with E-state index in [0.29, 0.717) is 22.3 Å². The molecule has 7 heteroatoms. The Bertz CT molecular complexity index is 664. The summed E-state index contributed by atoms with van der Waals surface area (Å²) >= 11 is 9.21. The van der Waals surface area contributed by atoms with E-state index in [1.807, 2.05) is 0 Å². The first-order valence-electron chi connectivity index (χ1n) is 5.63. The van der Waals surface area contributed by atoms with Crippen LogP contribution in [-0.4, -0.2) is 10.0 Å². The Morgan fingerprint density at radius 2 is 2.10 bits per heavy atom. The van der Waals surface area contributed by atoms with Gasteiger partial charge in [-0.1, -0.05) is 23.7 Å². The van der Waals surface area contributed by atoms with Crippen molar-refractivity contribution in [1.82, 2.24) is 0 Å². The summed E-state index contributed by atoms with van der Waals surface area (Å²) in [6.07, 6.45) is 0. The van der Waals surface area contributed by atoms with Crippen LogP contribution in [0.2, 0.25) is 5.02 Å². The molecule has 0 aliphatic heterocycles. The molecule has 0 aromatic heterocycles. The average Bonchev–Trinajstić information content (AvgIpc) is 2.41. The number of halogens is 2. The number of non-ortho nitro benzene ring substituents is 1. The fraction of sp³-hybridized carbons (Fsp3) is 0.0769. The van der Waals surface area contributed by atoms with Gasteiger partial charge >= 0.3 is 0 Å². The molecular weight excluding hydrogens is 348 g/mol. The molecule has 2 aromatic rings. The predicted molar refractivity (Wildman–Crippen MR) is 81.2 cm³/mol. The van der Waals surface area contributed by atoms with Crippen LogP contribution in [0.4, 0.5) is 11.4 Å². The molecule has 0 aliphatic rings. The summed E-state index contributed by atoms with van der Waals surface area (Å²) in [5.74, 6) is 0.151. The molecule has 0 heterocycles. The van der Waals surface area contributed by atoms with Crippen molar-refractivity contribution in [2.75, 3.05) is 5.32 Å². The molecule has 0 bridgehead atoms. The van der Waals surface area contributed by atoms with Gasteiger partial charge in [0.1, 0.15) is 5.75 Å². The van der Waals surface area contributed by atoms with Crippen LogP contribution in [0.1, 0.15) is 5.56 Å². The summed E-state index contributed by atoms with van der Waals surface area (Å²) in [7, 11) is 0. The number of rotatable bonds is 4. The molecule has 0 radical (unpaired) electrons. The van der Waals surface area contributed by atoms with Crippen LogP contribution in [-0.2, 0) is 6.54 Å². The van der Waals surface area contributed by atoms with Crippen LogP contribution in [0.15, 0.2) is 40.9 Å². The van der Waals surface area contributed by atoms with Gasteiger partial charge in [-0.3, -0.25) is 10.1 Å². The maximum Gasteiger partial charge on any atom is 0.271 e. The Morgan fingerprint density at radius 3 is 2.75 bits per heavy atom. The number of benzene rings is 2. The van der Waals surface area contributed by atoms with E-state index in [1.165, 1.54) is 18.2 Å². The molecule has 0 aliphatic carbocycles. The molecule has 104 valence electrons. The molecule has 0 fully saturated rings. The molecule has 0 atom stereocenters. The predicted octanol–water partition coefficient (Wildman–Crippen LogP) is 4.33. The first-order chi connectivity index (χ1) is 9.49. The highest BCUT2D eigenvalue weighted by atomic mass is 79.9. The van der Waals surface area contributed by atoms with Gasteiger partial charge in [0.05, 0.1) is 20.1 Å². The Labute approximate surface area is 128 Å². The van der Waals surface area contributed by atoms with E-state index < -0.39 is 4.92 Å². The maximum atomic E-state index is 10.6. The third-order valence-corrected chi connectivity index (χ3v) is 3.66. The quantitative estimate of drug-likeness (QED) is 0.631. The highest BCUT2D eigenvalue weighted by molar-refractivity contribution is 9.10.